The van der Waals surface area contributed by atoms with E-state index in [1.54, 1.807) is 0 Å². The molecular weight excluding hydrogens is 285 g/mol. The van der Waals surface area contributed by atoms with Crippen LogP contribution in [0.4, 0.5) is 9.18 Å². The second-order valence-corrected chi connectivity index (χ2v) is 5.00. The maximum absolute atomic E-state index is 12.8. The van der Waals surface area contributed by atoms with Crippen molar-refractivity contribution in [3.8, 4) is 0 Å². The smallest absolute Gasteiger partial charge is 0.293 e. The number of benzene rings is 1. The number of carbonyl (C=O) groups excluding carboxylic acids is 3. The van der Waals surface area contributed by atoms with Crippen LogP contribution >= 0.6 is 11.8 Å². The zero-order valence-corrected chi connectivity index (χ0v) is 11.0. The van der Waals surface area contributed by atoms with Crippen molar-refractivity contribution in [1.29, 1.82) is 0 Å². The summed E-state index contributed by atoms with van der Waals surface area (Å²) >= 11 is 0.724. The van der Waals surface area contributed by atoms with E-state index < -0.39 is 29.4 Å². The number of carbonyl (C=O) groups is 3. The molecule has 1 heterocycles. The Morgan fingerprint density at radius 1 is 1.30 bits per heavy atom. The molecule has 1 aliphatic rings. The molecule has 0 atom stereocenters. The number of hydrogen-bond donors (Lipinski definition) is 0. The minimum atomic E-state index is -1.33. The van der Waals surface area contributed by atoms with Crippen LogP contribution in [-0.2, 0) is 9.59 Å². The van der Waals surface area contributed by atoms with E-state index in [2.05, 4.69) is 0 Å². The van der Waals surface area contributed by atoms with Crippen LogP contribution < -0.4 is 5.11 Å². The number of rotatable bonds is 4. The van der Waals surface area contributed by atoms with Crippen molar-refractivity contribution in [2.24, 2.45) is 0 Å². The summed E-state index contributed by atoms with van der Waals surface area (Å²) in [7, 11) is 0. The van der Waals surface area contributed by atoms with Crippen LogP contribution in [0.15, 0.2) is 29.2 Å². The van der Waals surface area contributed by atoms with Crippen LogP contribution in [0.1, 0.15) is 12.0 Å². The molecular formula is C13H9FNO4S-. The fourth-order valence-corrected chi connectivity index (χ4v) is 2.47. The van der Waals surface area contributed by atoms with Crippen molar-refractivity contribution in [3.05, 3.63) is 40.6 Å². The van der Waals surface area contributed by atoms with Crippen molar-refractivity contribution < 1.29 is 23.9 Å². The maximum Gasteiger partial charge on any atom is 0.293 e. The van der Waals surface area contributed by atoms with Crippen LogP contribution in [0.3, 0.4) is 0 Å². The molecule has 1 aliphatic heterocycles. The highest BCUT2D eigenvalue weighted by molar-refractivity contribution is 8.18. The van der Waals surface area contributed by atoms with Gasteiger partial charge in [-0.15, -0.1) is 0 Å². The molecule has 1 aromatic carbocycles. The fourth-order valence-electron chi connectivity index (χ4n) is 1.61. The molecule has 0 bridgehead atoms. The van der Waals surface area contributed by atoms with E-state index >= 15 is 0 Å². The van der Waals surface area contributed by atoms with Crippen LogP contribution in [0.5, 0.6) is 0 Å². The van der Waals surface area contributed by atoms with Gasteiger partial charge in [-0.2, -0.15) is 0 Å². The maximum atomic E-state index is 12.8. The average Bonchev–Trinajstić information content (AvgIpc) is 2.65. The number of imide groups is 1. The molecule has 2 amide bonds. The highest BCUT2D eigenvalue weighted by Gasteiger charge is 2.34. The molecule has 0 saturated carbocycles. The van der Waals surface area contributed by atoms with Gasteiger partial charge in [0, 0.05) is 18.9 Å². The normalized spacial score (nSPS) is 17.1. The molecule has 5 nitrogen and oxygen atoms in total. The summed E-state index contributed by atoms with van der Waals surface area (Å²) in [5.74, 6) is -2.28. The molecule has 2 rings (SSSR count). The molecule has 0 unspecified atom stereocenters. The van der Waals surface area contributed by atoms with Gasteiger partial charge in [-0.05, 0) is 35.5 Å². The molecule has 0 aromatic heterocycles. The first-order chi connectivity index (χ1) is 9.47. The lowest BCUT2D eigenvalue weighted by Gasteiger charge is -2.12. The monoisotopic (exact) mass is 294 g/mol. The highest BCUT2D eigenvalue weighted by Crippen LogP contribution is 2.32. The summed E-state index contributed by atoms with van der Waals surface area (Å²) in [4.78, 5) is 34.9. The van der Waals surface area contributed by atoms with Crippen molar-refractivity contribution in [2.75, 3.05) is 6.54 Å². The van der Waals surface area contributed by atoms with E-state index in [-0.39, 0.29) is 11.4 Å². The number of carboxylic acids is 1. The Bertz CT molecular complexity index is 597. The summed E-state index contributed by atoms with van der Waals surface area (Å²) in [6.45, 7) is -0.215. The van der Waals surface area contributed by atoms with E-state index in [1.165, 1.54) is 30.3 Å². The Morgan fingerprint density at radius 3 is 2.55 bits per heavy atom. The Labute approximate surface area is 118 Å². The minimum Gasteiger partial charge on any atom is -0.550 e. The highest BCUT2D eigenvalue weighted by atomic mass is 32.2. The lowest BCUT2D eigenvalue weighted by molar-refractivity contribution is -0.305. The number of halogens is 1. The van der Waals surface area contributed by atoms with Gasteiger partial charge in [0.2, 0.25) is 0 Å². The Kier molecular flexibility index (Phi) is 4.19. The summed E-state index contributed by atoms with van der Waals surface area (Å²) in [6, 6.07) is 5.44. The molecule has 1 saturated heterocycles. The third kappa shape index (κ3) is 3.24. The van der Waals surface area contributed by atoms with Crippen molar-refractivity contribution in [3.63, 3.8) is 0 Å². The predicted molar refractivity (Wildman–Crippen MR) is 68.7 cm³/mol. The fraction of sp³-hybridized carbons (Fsp3) is 0.154. The van der Waals surface area contributed by atoms with Crippen LogP contribution in [-0.4, -0.2) is 28.6 Å². The van der Waals surface area contributed by atoms with E-state index in [0.29, 0.717) is 5.56 Å². The third-order valence-electron chi connectivity index (χ3n) is 2.58. The first-order valence-corrected chi connectivity index (χ1v) is 6.50. The first-order valence-electron chi connectivity index (χ1n) is 5.68. The summed E-state index contributed by atoms with van der Waals surface area (Å²) in [5, 5.41) is 9.83. The SMILES string of the molecule is O=C([O-])CCN1C(=O)S/C(=C\c2ccc(F)cc2)C1=O. The van der Waals surface area contributed by atoms with Crippen LogP contribution in [0.2, 0.25) is 0 Å². The van der Waals surface area contributed by atoms with Gasteiger partial charge in [-0.1, -0.05) is 12.1 Å². The lowest BCUT2D eigenvalue weighted by Crippen LogP contribution is -2.33. The summed E-state index contributed by atoms with van der Waals surface area (Å²) in [5.41, 5.74) is 0.580. The van der Waals surface area contributed by atoms with E-state index in [1.807, 2.05) is 0 Å². The Hall–Kier alpha value is -2.15. The van der Waals surface area contributed by atoms with E-state index in [9.17, 15) is 23.9 Å². The standard InChI is InChI=1S/C13H10FNO4S/c14-9-3-1-8(2-4-9)7-10-12(18)15(13(19)20-10)6-5-11(16)17/h1-4,7H,5-6H2,(H,16,17)/p-1/b10-7-. The zero-order valence-electron chi connectivity index (χ0n) is 10.2. The number of hydrogen-bond acceptors (Lipinski definition) is 5. The summed E-state index contributed by atoms with van der Waals surface area (Å²) in [6.07, 6.45) is 1.06. The molecule has 20 heavy (non-hydrogen) atoms. The second kappa shape index (κ2) is 5.87. The van der Waals surface area contributed by atoms with Crippen molar-refractivity contribution in [1.82, 2.24) is 4.90 Å². The molecule has 0 radical (unpaired) electrons. The van der Waals surface area contributed by atoms with Gasteiger partial charge in [0.05, 0.1) is 4.91 Å². The third-order valence-corrected chi connectivity index (χ3v) is 3.49. The number of aliphatic carboxylic acids is 1. The average molecular weight is 294 g/mol. The minimum absolute atomic E-state index is 0.181. The van der Waals surface area contributed by atoms with Gasteiger partial charge in [0.25, 0.3) is 11.1 Å². The van der Waals surface area contributed by atoms with E-state index in [4.69, 9.17) is 0 Å². The van der Waals surface area contributed by atoms with Crippen LogP contribution in [0, 0.1) is 5.82 Å². The molecule has 104 valence electrons. The Balaban J connectivity index is 2.14. The van der Waals surface area contributed by atoms with Gasteiger partial charge in [0.15, 0.2) is 0 Å². The topological polar surface area (TPSA) is 77.5 Å². The van der Waals surface area contributed by atoms with Gasteiger partial charge >= 0.3 is 0 Å². The number of thioether (sulfide) groups is 1. The lowest BCUT2D eigenvalue weighted by atomic mass is 10.2. The van der Waals surface area contributed by atoms with Gasteiger partial charge < -0.3 is 9.90 Å². The molecule has 7 heteroatoms. The molecule has 0 spiro atoms. The molecule has 1 fully saturated rings. The number of carboxylic acid groups (broad SMARTS) is 1. The first kappa shape index (κ1) is 14.3. The molecule has 0 N–H and O–H groups in total. The second-order valence-electron chi connectivity index (χ2n) is 4.01. The Morgan fingerprint density at radius 2 is 1.95 bits per heavy atom. The van der Waals surface area contributed by atoms with Crippen molar-refractivity contribution in [2.45, 2.75) is 6.42 Å². The zero-order chi connectivity index (χ0) is 14.7. The number of amides is 2. The quantitative estimate of drug-likeness (QED) is 0.774. The van der Waals surface area contributed by atoms with Gasteiger partial charge in [0.1, 0.15) is 5.82 Å². The largest absolute Gasteiger partial charge is 0.550 e. The van der Waals surface area contributed by atoms with Gasteiger partial charge in [-0.3, -0.25) is 14.5 Å². The number of nitrogens with zero attached hydrogens (tertiary/aromatic N) is 1. The van der Waals surface area contributed by atoms with E-state index in [0.717, 1.165) is 16.7 Å². The van der Waals surface area contributed by atoms with Crippen molar-refractivity contribution >= 4 is 35.0 Å². The molecule has 0 aliphatic carbocycles. The summed E-state index contributed by atoms with van der Waals surface area (Å²) < 4.78 is 12.8. The predicted octanol–water partition coefficient (Wildman–Crippen LogP) is 1.00. The molecule has 1 aromatic rings. The van der Waals surface area contributed by atoms with Crippen LogP contribution in [0.25, 0.3) is 6.08 Å². The van der Waals surface area contributed by atoms with Gasteiger partial charge in [-0.25, -0.2) is 4.39 Å².